The standard InChI is InChI=1S/C18H18F2N2O3/c1-24-11-10-22-16(13-7-3-5-9-15(13)25-18(19)20)21-14-8-4-2-6-12(14)17(22)23/h2-9,16,18,21H,10-11H2,1H3/t16-/m1/s1. The molecule has 0 bridgehead atoms. The number of carbonyl (C=O) groups excluding carboxylic acids is 1. The Hall–Kier alpha value is -2.67. The first-order valence-corrected chi connectivity index (χ1v) is 7.81. The highest BCUT2D eigenvalue weighted by atomic mass is 19.3. The number of benzene rings is 2. The number of hydrogen-bond acceptors (Lipinski definition) is 4. The van der Waals surface area contributed by atoms with E-state index in [9.17, 15) is 13.6 Å². The van der Waals surface area contributed by atoms with E-state index in [4.69, 9.17) is 4.74 Å². The van der Waals surface area contributed by atoms with E-state index >= 15 is 0 Å². The number of nitrogens with one attached hydrogen (secondary N) is 1. The van der Waals surface area contributed by atoms with Crippen LogP contribution in [0.25, 0.3) is 0 Å². The Morgan fingerprint density at radius 3 is 2.64 bits per heavy atom. The molecule has 1 amide bonds. The highest BCUT2D eigenvalue weighted by Crippen LogP contribution is 2.36. The van der Waals surface area contributed by atoms with Crippen molar-refractivity contribution in [1.82, 2.24) is 4.90 Å². The zero-order chi connectivity index (χ0) is 17.8. The first-order chi connectivity index (χ1) is 12.1. The third-order valence-electron chi connectivity index (χ3n) is 3.99. The highest BCUT2D eigenvalue weighted by Gasteiger charge is 2.34. The number of alkyl halides is 2. The van der Waals surface area contributed by atoms with Crippen molar-refractivity contribution in [3.8, 4) is 5.75 Å². The van der Waals surface area contributed by atoms with Gasteiger partial charge in [-0.15, -0.1) is 0 Å². The normalized spacial score (nSPS) is 16.6. The predicted octanol–water partition coefficient (Wildman–Crippen LogP) is 3.50. The molecule has 1 atom stereocenters. The summed E-state index contributed by atoms with van der Waals surface area (Å²) in [5, 5.41) is 3.24. The Kier molecular flexibility index (Phi) is 5.14. The molecule has 0 fully saturated rings. The number of para-hydroxylation sites is 2. The second-order valence-electron chi connectivity index (χ2n) is 5.50. The SMILES string of the molecule is COCCN1C(=O)c2ccccc2N[C@H]1c1ccccc1OC(F)F. The topological polar surface area (TPSA) is 50.8 Å². The van der Waals surface area contributed by atoms with Crippen molar-refractivity contribution in [3.63, 3.8) is 0 Å². The number of halogens is 2. The third-order valence-corrected chi connectivity index (χ3v) is 3.99. The molecule has 132 valence electrons. The molecule has 2 aromatic carbocycles. The summed E-state index contributed by atoms with van der Waals surface area (Å²) in [6.07, 6.45) is -0.632. The van der Waals surface area contributed by atoms with Crippen LogP contribution in [0.1, 0.15) is 22.1 Å². The first-order valence-electron chi connectivity index (χ1n) is 7.81. The summed E-state index contributed by atoms with van der Waals surface area (Å²) in [7, 11) is 1.54. The quantitative estimate of drug-likeness (QED) is 0.868. The van der Waals surface area contributed by atoms with Gasteiger partial charge < -0.3 is 19.7 Å². The van der Waals surface area contributed by atoms with Gasteiger partial charge in [-0.1, -0.05) is 30.3 Å². The molecular formula is C18H18F2N2O3. The second kappa shape index (κ2) is 7.48. The van der Waals surface area contributed by atoms with Crippen LogP contribution in [-0.2, 0) is 4.74 Å². The van der Waals surface area contributed by atoms with E-state index in [-0.39, 0.29) is 11.7 Å². The lowest BCUT2D eigenvalue weighted by Gasteiger charge is -2.38. The molecule has 0 spiro atoms. The maximum atomic E-state index is 12.9. The van der Waals surface area contributed by atoms with Crippen LogP contribution in [-0.4, -0.2) is 37.7 Å². The summed E-state index contributed by atoms with van der Waals surface area (Å²) in [6, 6.07) is 13.5. The van der Waals surface area contributed by atoms with Gasteiger partial charge in [0, 0.05) is 24.9 Å². The molecule has 1 aliphatic rings. The molecule has 5 nitrogen and oxygen atoms in total. The van der Waals surface area contributed by atoms with Gasteiger partial charge in [0.25, 0.3) is 5.91 Å². The third kappa shape index (κ3) is 3.56. The molecule has 0 saturated heterocycles. The maximum Gasteiger partial charge on any atom is 0.387 e. The summed E-state index contributed by atoms with van der Waals surface area (Å²) >= 11 is 0. The van der Waals surface area contributed by atoms with Crippen LogP contribution in [0.2, 0.25) is 0 Å². The minimum absolute atomic E-state index is 0.0320. The number of rotatable bonds is 6. The number of amides is 1. The predicted molar refractivity (Wildman–Crippen MR) is 88.8 cm³/mol. The summed E-state index contributed by atoms with van der Waals surface area (Å²) in [6.45, 7) is -2.31. The monoisotopic (exact) mass is 348 g/mol. The lowest BCUT2D eigenvalue weighted by Crippen LogP contribution is -2.44. The largest absolute Gasteiger partial charge is 0.434 e. The molecule has 2 aromatic rings. The molecule has 25 heavy (non-hydrogen) atoms. The van der Waals surface area contributed by atoms with Gasteiger partial charge in [-0.05, 0) is 18.2 Å². The average Bonchev–Trinajstić information content (AvgIpc) is 2.61. The number of carbonyl (C=O) groups is 1. The number of methoxy groups -OCH3 is 1. The van der Waals surface area contributed by atoms with Crippen molar-refractivity contribution in [3.05, 3.63) is 59.7 Å². The highest BCUT2D eigenvalue weighted by molar-refractivity contribution is 6.01. The van der Waals surface area contributed by atoms with Crippen LogP contribution < -0.4 is 10.1 Å². The second-order valence-corrected chi connectivity index (χ2v) is 5.50. The van der Waals surface area contributed by atoms with Crippen LogP contribution in [0.4, 0.5) is 14.5 Å². The fourth-order valence-electron chi connectivity index (χ4n) is 2.87. The summed E-state index contributed by atoms with van der Waals surface area (Å²) in [4.78, 5) is 14.4. The maximum absolute atomic E-state index is 12.9. The fourth-order valence-corrected chi connectivity index (χ4v) is 2.87. The Balaban J connectivity index is 2.02. The van der Waals surface area contributed by atoms with Crippen molar-refractivity contribution in [2.24, 2.45) is 0 Å². The van der Waals surface area contributed by atoms with Crippen LogP contribution in [0, 0.1) is 0 Å². The van der Waals surface area contributed by atoms with Gasteiger partial charge in [0.1, 0.15) is 11.9 Å². The Labute approximate surface area is 144 Å². The van der Waals surface area contributed by atoms with Gasteiger partial charge in [-0.25, -0.2) is 0 Å². The lowest BCUT2D eigenvalue weighted by atomic mass is 10.0. The molecule has 1 aliphatic heterocycles. The number of ether oxygens (including phenoxy) is 2. The summed E-state index contributed by atoms with van der Waals surface area (Å²) in [5.41, 5.74) is 1.64. The zero-order valence-corrected chi connectivity index (χ0v) is 13.6. The average molecular weight is 348 g/mol. The summed E-state index contributed by atoms with van der Waals surface area (Å²) < 4.78 is 35.2. The number of nitrogens with zero attached hydrogens (tertiary/aromatic N) is 1. The first kappa shape index (κ1) is 17.2. The number of fused-ring (bicyclic) bond motifs is 1. The van der Waals surface area contributed by atoms with Gasteiger partial charge in [-0.3, -0.25) is 4.79 Å². The molecule has 0 aliphatic carbocycles. The Morgan fingerprint density at radius 2 is 1.88 bits per heavy atom. The van der Waals surface area contributed by atoms with Gasteiger partial charge in [0.05, 0.1) is 12.2 Å². The molecule has 1 N–H and O–H groups in total. The zero-order valence-electron chi connectivity index (χ0n) is 13.6. The molecule has 7 heteroatoms. The molecular weight excluding hydrogens is 330 g/mol. The van der Waals surface area contributed by atoms with Crippen LogP contribution in [0.3, 0.4) is 0 Å². The van der Waals surface area contributed by atoms with Gasteiger partial charge in [0.15, 0.2) is 0 Å². The minimum Gasteiger partial charge on any atom is -0.434 e. The summed E-state index contributed by atoms with van der Waals surface area (Å²) in [5.74, 6) is -0.159. The lowest BCUT2D eigenvalue weighted by molar-refractivity contribution is -0.0510. The van der Waals surface area contributed by atoms with E-state index in [1.807, 2.05) is 6.07 Å². The van der Waals surface area contributed by atoms with E-state index in [0.717, 1.165) is 0 Å². The Bertz CT molecular complexity index is 755. The van der Waals surface area contributed by atoms with Crippen molar-refractivity contribution < 1.29 is 23.0 Å². The Morgan fingerprint density at radius 1 is 1.16 bits per heavy atom. The van der Waals surface area contributed by atoms with Crippen molar-refractivity contribution in [2.75, 3.05) is 25.6 Å². The van der Waals surface area contributed by atoms with Crippen molar-refractivity contribution >= 4 is 11.6 Å². The van der Waals surface area contributed by atoms with Crippen molar-refractivity contribution in [1.29, 1.82) is 0 Å². The molecule has 0 aromatic heterocycles. The van der Waals surface area contributed by atoms with Crippen LogP contribution >= 0.6 is 0 Å². The van der Waals surface area contributed by atoms with E-state index < -0.39 is 12.8 Å². The smallest absolute Gasteiger partial charge is 0.387 e. The van der Waals surface area contributed by atoms with Crippen LogP contribution in [0.5, 0.6) is 5.75 Å². The van der Waals surface area contributed by atoms with E-state index in [1.54, 1.807) is 48.4 Å². The number of hydrogen-bond donors (Lipinski definition) is 1. The molecule has 0 radical (unpaired) electrons. The van der Waals surface area contributed by atoms with E-state index in [0.29, 0.717) is 30.0 Å². The molecule has 1 heterocycles. The van der Waals surface area contributed by atoms with E-state index in [2.05, 4.69) is 10.1 Å². The van der Waals surface area contributed by atoms with Crippen molar-refractivity contribution in [2.45, 2.75) is 12.8 Å². The van der Waals surface area contributed by atoms with Gasteiger partial charge in [-0.2, -0.15) is 8.78 Å². The van der Waals surface area contributed by atoms with E-state index in [1.165, 1.54) is 6.07 Å². The molecule has 0 unspecified atom stereocenters. The number of anilines is 1. The minimum atomic E-state index is -2.94. The molecule has 0 saturated carbocycles. The molecule has 3 rings (SSSR count). The van der Waals surface area contributed by atoms with Crippen LogP contribution in [0.15, 0.2) is 48.5 Å². The van der Waals surface area contributed by atoms with Gasteiger partial charge >= 0.3 is 6.61 Å². The van der Waals surface area contributed by atoms with Gasteiger partial charge in [0.2, 0.25) is 0 Å². The fraction of sp³-hybridized carbons (Fsp3) is 0.278.